The number of nitrogens with zero attached hydrogens (tertiary/aromatic N) is 3. The normalized spacial score (nSPS) is 11.6. The Labute approximate surface area is 149 Å². The van der Waals surface area contributed by atoms with Crippen molar-refractivity contribution in [1.82, 2.24) is 20.4 Å². The highest BCUT2D eigenvalue weighted by Crippen LogP contribution is 2.11. The Hall–Kier alpha value is -2.01. The Morgan fingerprint density at radius 2 is 2.08 bits per heavy atom. The van der Waals surface area contributed by atoms with E-state index in [1.807, 2.05) is 35.9 Å². The van der Waals surface area contributed by atoms with Crippen LogP contribution >= 0.6 is 11.6 Å². The van der Waals surface area contributed by atoms with Crippen molar-refractivity contribution in [2.45, 2.75) is 40.3 Å². The van der Waals surface area contributed by atoms with Crippen molar-refractivity contribution < 1.29 is 0 Å². The highest BCUT2D eigenvalue weighted by atomic mass is 35.5. The van der Waals surface area contributed by atoms with Crippen molar-refractivity contribution in [3.8, 4) is 0 Å². The zero-order valence-electron chi connectivity index (χ0n) is 14.6. The lowest BCUT2D eigenvalue weighted by molar-refractivity contribution is 0.555. The molecule has 0 aliphatic carbocycles. The number of aliphatic imine (C=N–C) groups is 1. The Balaban J connectivity index is 1.82. The van der Waals surface area contributed by atoms with E-state index in [-0.39, 0.29) is 0 Å². The molecule has 2 aromatic rings. The van der Waals surface area contributed by atoms with Gasteiger partial charge >= 0.3 is 0 Å². The quantitative estimate of drug-likeness (QED) is 0.459. The molecule has 1 heterocycles. The molecule has 0 saturated carbocycles. The number of hydrogen-bond acceptors (Lipinski definition) is 2. The molecule has 0 fully saturated rings. The van der Waals surface area contributed by atoms with Crippen LogP contribution < -0.4 is 10.6 Å². The van der Waals surface area contributed by atoms with Crippen LogP contribution in [0.4, 0.5) is 0 Å². The monoisotopic (exact) mass is 347 g/mol. The highest BCUT2D eigenvalue weighted by Gasteiger charge is 2.01. The fraction of sp³-hybridized carbons (Fsp3) is 0.444. The molecule has 0 spiro atoms. The summed E-state index contributed by atoms with van der Waals surface area (Å²) in [5.74, 6) is 0.825. The Bertz CT molecular complexity index is 678. The minimum atomic E-state index is 0.605. The molecule has 6 heteroatoms. The van der Waals surface area contributed by atoms with Crippen LogP contribution in [0.25, 0.3) is 0 Å². The molecule has 1 aromatic heterocycles. The van der Waals surface area contributed by atoms with E-state index in [0.29, 0.717) is 6.54 Å². The first-order valence-corrected chi connectivity index (χ1v) is 8.74. The molecule has 0 bridgehead atoms. The number of rotatable bonds is 7. The summed E-state index contributed by atoms with van der Waals surface area (Å²) in [7, 11) is 0. The fourth-order valence-corrected chi connectivity index (χ4v) is 2.70. The molecule has 130 valence electrons. The molecule has 0 atom stereocenters. The first kappa shape index (κ1) is 18.3. The van der Waals surface area contributed by atoms with Gasteiger partial charge in [0.15, 0.2) is 5.96 Å². The molecular weight excluding hydrogens is 322 g/mol. The number of halogens is 1. The lowest BCUT2D eigenvalue weighted by atomic mass is 10.2. The van der Waals surface area contributed by atoms with E-state index in [1.54, 1.807) is 0 Å². The van der Waals surface area contributed by atoms with Crippen LogP contribution in [0.3, 0.4) is 0 Å². The summed E-state index contributed by atoms with van der Waals surface area (Å²) in [5, 5.41) is 11.9. The second kappa shape index (κ2) is 9.33. The summed E-state index contributed by atoms with van der Waals surface area (Å²) >= 11 is 6.01. The van der Waals surface area contributed by atoms with Gasteiger partial charge in [0.2, 0.25) is 0 Å². The molecule has 0 aliphatic heterocycles. The average Bonchev–Trinajstić information content (AvgIpc) is 2.87. The molecule has 5 nitrogen and oxygen atoms in total. The molecule has 0 aliphatic rings. The van der Waals surface area contributed by atoms with Crippen molar-refractivity contribution in [1.29, 1.82) is 0 Å². The number of guanidine groups is 1. The number of benzene rings is 1. The van der Waals surface area contributed by atoms with Crippen LogP contribution in [0.1, 0.15) is 30.3 Å². The van der Waals surface area contributed by atoms with Gasteiger partial charge < -0.3 is 10.6 Å². The number of hydrogen-bond donors (Lipinski definition) is 2. The third-order valence-corrected chi connectivity index (χ3v) is 3.83. The zero-order valence-corrected chi connectivity index (χ0v) is 15.4. The van der Waals surface area contributed by atoms with Gasteiger partial charge in [-0.3, -0.25) is 4.68 Å². The Morgan fingerprint density at radius 3 is 2.75 bits per heavy atom. The average molecular weight is 348 g/mol. The fourth-order valence-electron chi connectivity index (χ4n) is 2.48. The molecule has 1 aromatic carbocycles. The lowest BCUT2D eigenvalue weighted by Crippen LogP contribution is -2.38. The van der Waals surface area contributed by atoms with Gasteiger partial charge in [-0.15, -0.1) is 0 Å². The van der Waals surface area contributed by atoms with E-state index in [9.17, 15) is 0 Å². The van der Waals surface area contributed by atoms with Crippen LogP contribution in [0, 0.1) is 13.8 Å². The second-order valence-corrected chi connectivity index (χ2v) is 6.19. The van der Waals surface area contributed by atoms with Gasteiger partial charge in [0.25, 0.3) is 0 Å². The molecule has 0 unspecified atom stereocenters. The van der Waals surface area contributed by atoms with E-state index in [0.717, 1.165) is 48.3 Å². The topological polar surface area (TPSA) is 54.2 Å². The third-order valence-electron chi connectivity index (χ3n) is 3.60. The zero-order chi connectivity index (χ0) is 17.4. The minimum absolute atomic E-state index is 0.605. The summed E-state index contributed by atoms with van der Waals surface area (Å²) in [4.78, 5) is 4.60. The van der Waals surface area contributed by atoms with Crippen LogP contribution in [0.5, 0.6) is 0 Å². The van der Waals surface area contributed by atoms with E-state index in [2.05, 4.69) is 40.6 Å². The largest absolute Gasteiger partial charge is 0.357 e. The number of aryl methyl sites for hydroxylation is 3. The van der Waals surface area contributed by atoms with E-state index < -0.39 is 0 Å². The maximum atomic E-state index is 6.01. The molecule has 24 heavy (non-hydrogen) atoms. The maximum Gasteiger partial charge on any atom is 0.191 e. The van der Waals surface area contributed by atoms with Crippen molar-refractivity contribution in [2.75, 3.05) is 13.1 Å². The van der Waals surface area contributed by atoms with Gasteiger partial charge in [-0.1, -0.05) is 23.7 Å². The summed E-state index contributed by atoms with van der Waals surface area (Å²) in [5.41, 5.74) is 3.37. The summed E-state index contributed by atoms with van der Waals surface area (Å²) < 4.78 is 2.05. The maximum absolute atomic E-state index is 6.01. The Morgan fingerprint density at radius 1 is 1.25 bits per heavy atom. The van der Waals surface area contributed by atoms with Crippen LogP contribution in [-0.4, -0.2) is 28.8 Å². The molecule has 2 rings (SSSR count). The molecule has 0 radical (unpaired) electrons. The predicted molar refractivity (Wildman–Crippen MR) is 101 cm³/mol. The van der Waals surface area contributed by atoms with Gasteiger partial charge in [0, 0.05) is 30.4 Å². The molecule has 0 saturated heterocycles. The molecular formula is C18H26ClN5. The van der Waals surface area contributed by atoms with Gasteiger partial charge in [0.05, 0.1) is 12.2 Å². The van der Waals surface area contributed by atoms with E-state index in [1.165, 1.54) is 5.69 Å². The van der Waals surface area contributed by atoms with Crippen LogP contribution in [-0.2, 0) is 13.1 Å². The third kappa shape index (κ3) is 5.89. The summed E-state index contributed by atoms with van der Waals surface area (Å²) in [6.45, 7) is 9.36. The highest BCUT2D eigenvalue weighted by molar-refractivity contribution is 6.30. The Kier molecular flexibility index (Phi) is 7.12. The van der Waals surface area contributed by atoms with E-state index >= 15 is 0 Å². The van der Waals surface area contributed by atoms with Crippen molar-refractivity contribution in [3.05, 3.63) is 52.3 Å². The standard InChI is InChI=1S/C18H26ClN5/c1-4-20-18(22-13-16-7-5-8-17(19)12-16)21-9-6-10-24-15(3)11-14(2)23-24/h5,7-8,11-12H,4,6,9-10,13H2,1-3H3,(H2,20,21,22). The van der Waals surface area contributed by atoms with Crippen molar-refractivity contribution in [3.63, 3.8) is 0 Å². The van der Waals surface area contributed by atoms with Gasteiger partial charge in [-0.25, -0.2) is 4.99 Å². The summed E-state index contributed by atoms with van der Waals surface area (Å²) in [6, 6.07) is 9.89. The van der Waals surface area contributed by atoms with E-state index in [4.69, 9.17) is 11.6 Å². The number of nitrogens with one attached hydrogen (secondary N) is 2. The number of aromatic nitrogens is 2. The first-order valence-electron chi connectivity index (χ1n) is 8.36. The SMILES string of the molecule is CCNC(=NCc1cccc(Cl)c1)NCCCn1nc(C)cc1C. The first-order chi connectivity index (χ1) is 11.6. The molecule has 0 amide bonds. The van der Waals surface area contributed by atoms with Gasteiger partial charge in [0.1, 0.15) is 0 Å². The van der Waals surface area contributed by atoms with Crippen molar-refractivity contribution >= 4 is 17.6 Å². The second-order valence-electron chi connectivity index (χ2n) is 5.76. The van der Waals surface area contributed by atoms with Gasteiger partial charge in [-0.2, -0.15) is 5.10 Å². The summed E-state index contributed by atoms with van der Waals surface area (Å²) in [6.07, 6.45) is 0.990. The predicted octanol–water partition coefficient (Wildman–Crippen LogP) is 3.30. The van der Waals surface area contributed by atoms with Crippen molar-refractivity contribution in [2.24, 2.45) is 4.99 Å². The van der Waals surface area contributed by atoms with Crippen LogP contribution in [0.2, 0.25) is 5.02 Å². The smallest absolute Gasteiger partial charge is 0.191 e. The lowest BCUT2D eigenvalue weighted by Gasteiger charge is -2.12. The van der Waals surface area contributed by atoms with Crippen LogP contribution in [0.15, 0.2) is 35.3 Å². The van der Waals surface area contributed by atoms with Gasteiger partial charge in [-0.05, 0) is 51.0 Å². The molecule has 2 N–H and O–H groups in total. The minimum Gasteiger partial charge on any atom is -0.357 e.